The number of para-hydroxylation sites is 1. The molecule has 7 amide bonds. The first kappa shape index (κ1) is 58.5. The van der Waals surface area contributed by atoms with Crippen LogP contribution < -0.4 is 26.6 Å². The van der Waals surface area contributed by atoms with Crippen LogP contribution in [0.15, 0.2) is 91.0 Å². The summed E-state index contributed by atoms with van der Waals surface area (Å²) in [6, 6.07) is 19.2. The number of aryl methyl sites for hydroxylation is 1. The Bertz CT molecular complexity index is 3500. The van der Waals surface area contributed by atoms with Crippen LogP contribution in [0.25, 0.3) is 10.9 Å². The van der Waals surface area contributed by atoms with Crippen molar-refractivity contribution in [3.8, 4) is 11.8 Å². The van der Waals surface area contributed by atoms with E-state index in [1.807, 2.05) is 6.07 Å². The molecular formula is C60H62F2N7O12P. The van der Waals surface area contributed by atoms with Crippen LogP contribution in [0.5, 0.6) is 0 Å². The number of rotatable bonds is 23. The Kier molecular flexibility index (Phi) is 17.8. The van der Waals surface area contributed by atoms with Gasteiger partial charge in [-0.25, -0.2) is 0 Å². The van der Waals surface area contributed by atoms with E-state index in [2.05, 4.69) is 32.8 Å². The number of alkyl halides is 2. The van der Waals surface area contributed by atoms with Gasteiger partial charge in [-0.15, -0.1) is 0 Å². The Balaban J connectivity index is 0.792. The van der Waals surface area contributed by atoms with Crippen LogP contribution in [-0.4, -0.2) is 96.8 Å². The minimum Gasteiger partial charge on any atom is -0.370 e. The molecule has 4 aliphatic rings. The third kappa shape index (κ3) is 12.8. The Morgan fingerprint density at radius 1 is 0.829 bits per heavy atom. The van der Waals surface area contributed by atoms with Crippen LogP contribution in [0.1, 0.15) is 150 Å². The second-order valence-corrected chi connectivity index (χ2v) is 23.0. The lowest BCUT2D eigenvalue weighted by atomic mass is 9.85. The van der Waals surface area contributed by atoms with Crippen LogP contribution in [0, 0.1) is 11.8 Å². The molecule has 5 atom stereocenters. The zero-order valence-electron chi connectivity index (χ0n) is 44.7. The number of piperidine rings is 1. The summed E-state index contributed by atoms with van der Waals surface area (Å²) in [4.78, 5) is 145. The summed E-state index contributed by atoms with van der Waals surface area (Å²) in [5.41, 5.74) is 4.68. The first-order valence-electron chi connectivity index (χ1n) is 27.5. The fourth-order valence-electron chi connectivity index (χ4n) is 11.4. The summed E-state index contributed by atoms with van der Waals surface area (Å²) in [7, 11) is -5.88. The first-order valence-corrected chi connectivity index (χ1v) is 29.1. The fourth-order valence-corrected chi connectivity index (χ4v) is 11.9. The molecule has 82 heavy (non-hydrogen) atoms. The quantitative estimate of drug-likeness (QED) is 0.0162. The highest BCUT2D eigenvalue weighted by Gasteiger charge is 2.51. The van der Waals surface area contributed by atoms with Crippen molar-refractivity contribution in [3.05, 3.63) is 136 Å². The number of benzene rings is 4. The van der Waals surface area contributed by atoms with Crippen molar-refractivity contribution in [1.29, 1.82) is 0 Å². The number of nitrogens with one attached hydrogen (secondary N) is 4. The lowest BCUT2D eigenvalue weighted by Gasteiger charge is -2.29. The number of Topliss-reactive ketones (excluding diaryl/α,β-unsaturated/α-hetero) is 2. The molecule has 428 valence electrons. The number of nitrogens with two attached hydrogens (primary N) is 1. The lowest BCUT2D eigenvalue weighted by molar-refractivity contribution is -0.137. The van der Waals surface area contributed by atoms with Gasteiger partial charge in [0.2, 0.25) is 29.5 Å². The molecule has 5 aromatic rings. The summed E-state index contributed by atoms with van der Waals surface area (Å²) in [5.74, 6) is 0.960. The molecule has 0 radical (unpaired) electrons. The number of hydrogen-bond donors (Lipinski definition) is 7. The molecule has 22 heteroatoms. The van der Waals surface area contributed by atoms with Crippen molar-refractivity contribution in [1.82, 2.24) is 25.8 Å². The van der Waals surface area contributed by atoms with Gasteiger partial charge in [-0.2, -0.15) is 8.78 Å². The molecule has 1 unspecified atom stereocenters. The minimum atomic E-state index is -5.88. The predicted octanol–water partition coefficient (Wildman–Crippen LogP) is 6.39. The number of anilines is 1. The van der Waals surface area contributed by atoms with Crippen LogP contribution in [-0.2, 0) is 63.2 Å². The molecule has 0 aliphatic carbocycles. The van der Waals surface area contributed by atoms with Crippen molar-refractivity contribution in [2.24, 2.45) is 5.73 Å². The molecule has 9 rings (SSSR count). The predicted molar refractivity (Wildman–Crippen MR) is 296 cm³/mol. The lowest BCUT2D eigenvalue weighted by Crippen LogP contribution is -2.56. The van der Waals surface area contributed by atoms with Gasteiger partial charge in [-0.05, 0) is 91.1 Å². The Morgan fingerprint density at radius 2 is 1.56 bits per heavy atom. The summed E-state index contributed by atoms with van der Waals surface area (Å²) >= 11 is 0. The number of hydrogen-bond acceptors (Lipinski definition) is 10. The highest BCUT2D eigenvalue weighted by atomic mass is 31.2. The van der Waals surface area contributed by atoms with E-state index in [4.69, 9.17) is 5.73 Å². The number of carbonyl (C=O) groups is 9. The standard InChI is InChI=1S/C60H62F2N7O12P/c61-60(62,82(79,80)81)40-23-25-44-39(30-40)31-47(64-44)55(74)66-46-24-22-37-18-12-19-38-32-49(69(54(37)38)59(46)78)57(76)65-45(26-28-52(63)72)51(71)33-42(35-14-9-7-10-15-35)50(70)21-11-6-4-2-1-3-5-8-16-36-17-13-20-41-43(36)34-68(58(41)77)48-27-29-53(73)67-56(48)75/h7,9-10,12-15,17-20,23,25,30-31,42,45-46,48-49,64H,1-6,11,21-22,24,26-29,32-34H2,(H2,63,72)(H,65,76)(H,66,74)(H,67,73,75)(H2,79,80,81)/t42-,45-,46-,48?,49-/m0/s1. The maximum atomic E-state index is 14.6. The van der Waals surface area contributed by atoms with Gasteiger partial charge in [0.25, 0.3) is 11.8 Å². The number of aromatic nitrogens is 1. The number of aromatic amines is 1. The number of nitrogens with zero attached hydrogens (tertiary/aromatic N) is 2. The molecule has 4 aliphatic heterocycles. The van der Waals surface area contributed by atoms with Gasteiger partial charge in [-0.1, -0.05) is 98.2 Å². The zero-order valence-corrected chi connectivity index (χ0v) is 45.6. The highest BCUT2D eigenvalue weighted by molar-refractivity contribution is 7.52. The second-order valence-electron chi connectivity index (χ2n) is 21.3. The molecule has 4 aromatic carbocycles. The number of unbranched alkanes of at least 4 members (excludes halogenated alkanes) is 6. The highest BCUT2D eigenvalue weighted by Crippen LogP contribution is 2.59. The van der Waals surface area contributed by atoms with Gasteiger partial charge in [-0.3, -0.25) is 57.9 Å². The van der Waals surface area contributed by atoms with E-state index in [9.17, 15) is 66.3 Å². The molecule has 1 fully saturated rings. The molecule has 5 heterocycles. The summed E-state index contributed by atoms with van der Waals surface area (Å²) < 4.78 is 40.6. The van der Waals surface area contributed by atoms with E-state index in [1.54, 1.807) is 60.7 Å². The minimum absolute atomic E-state index is 0.0505. The van der Waals surface area contributed by atoms with E-state index >= 15 is 0 Å². The Labute approximate surface area is 470 Å². The SMILES string of the molecule is NC(=O)CC[C@H](NC(=O)[C@@H]1Cc2cccc3c2N1C(=O)[C@@H](NC(=O)c1cc2cc(C(F)(F)P(=O)(O)O)ccc2[nH]1)CC3)C(=O)C[C@H](C(=O)CCCCCCCCC#Cc1cccc2c1CN(C1CCC(=O)NC1=O)C2=O)c1ccccc1. The maximum absolute atomic E-state index is 14.6. The van der Waals surface area contributed by atoms with Crippen molar-refractivity contribution >= 4 is 77.1 Å². The summed E-state index contributed by atoms with van der Waals surface area (Å²) in [5, 5.41) is 7.87. The van der Waals surface area contributed by atoms with Gasteiger partial charge < -0.3 is 36.0 Å². The van der Waals surface area contributed by atoms with Crippen LogP contribution in [0.3, 0.4) is 0 Å². The average molecular weight is 1140 g/mol. The van der Waals surface area contributed by atoms with Crippen LogP contribution in [0.2, 0.25) is 0 Å². The van der Waals surface area contributed by atoms with Crippen molar-refractivity contribution < 1.29 is 66.3 Å². The summed E-state index contributed by atoms with van der Waals surface area (Å²) in [6.45, 7) is 0.247. The summed E-state index contributed by atoms with van der Waals surface area (Å²) in [6.07, 6.45) is 5.87. The van der Waals surface area contributed by atoms with Gasteiger partial charge >= 0.3 is 13.3 Å². The monoisotopic (exact) mass is 1140 g/mol. The largest absolute Gasteiger partial charge is 0.399 e. The van der Waals surface area contributed by atoms with E-state index in [0.717, 1.165) is 67.0 Å². The number of ketones is 2. The normalized spacial score (nSPS) is 18.4. The van der Waals surface area contributed by atoms with Crippen LogP contribution in [0.4, 0.5) is 14.5 Å². The number of primary amides is 1. The number of amides is 7. The number of fused-ring (bicyclic) bond motifs is 2. The van der Waals surface area contributed by atoms with E-state index in [0.29, 0.717) is 41.6 Å². The van der Waals surface area contributed by atoms with Crippen LogP contribution >= 0.6 is 7.60 Å². The third-order valence-electron chi connectivity index (χ3n) is 15.8. The third-order valence-corrected chi connectivity index (χ3v) is 16.7. The molecule has 19 nitrogen and oxygen atoms in total. The topological polar surface area (TPSA) is 296 Å². The molecule has 1 saturated heterocycles. The fraction of sp³-hybridized carbons (Fsp3) is 0.383. The number of carbonyl (C=O) groups excluding carboxylic acids is 9. The van der Waals surface area contributed by atoms with E-state index in [1.165, 1.54) is 15.9 Å². The van der Waals surface area contributed by atoms with Gasteiger partial charge in [0.05, 0.1) is 11.7 Å². The van der Waals surface area contributed by atoms with Crippen molar-refractivity contribution in [3.63, 3.8) is 0 Å². The smallest absolute Gasteiger partial charge is 0.370 e. The molecule has 0 saturated carbocycles. The van der Waals surface area contributed by atoms with Crippen molar-refractivity contribution in [2.45, 2.75) is 145 Å². The van der Waals surface area contributed by atoms with Gasteiger partial charge in [0.15, 0.2) is 5.78 Å². The molecule has 0 bridgehead atoms. The average Bonchev–Trinajstić information content (AvgIpc) is 4.37. The second kappa shape index (κ2) is 24.9. The first-order chi connectivity index (χ1) is 39.2. The van der Waals surface area contributed by atoms with Gasteiger partial charge in [0, 0.05) is 78.6 Å². The zero-order chi connectivity index (χ0) is 58.5. The Morgan fingerprint density at radius 3 is 2.30 bits per heavy atom. The molecular weight excluding hydrogens is 1080 g/mol. The molecule has 1 aromatic heterocycles. The number of H-pyrrole nitrogens is 1. The van der Waals surface area contributed by atoms with Crippen molar-refractivity contribution in [2.75, 3.05) is 4.90 Å². The van der Waals surface area contributed by atoms with Gasteiger partial charge in [0.1, 0.15) is 29.6 Å². The van der Waals surface area contributed by atoms with E-state index < -0.39 is 84.2 Å². The maximum Gasteiger partial charge on any atom is 0.399 e. The number of imide groups is 1. The Hall–Kier alpha value is -8.18. The molecule has 8 N–H and O–H groups in total. The molecule has 0 spiro atoms. The number of halogens is 2. The van der Waals surface area contributed by atoms with E-state index in [-0.39, 0.29) is 92.1 Å².